The summed E-state index contributed by atoms with van der Waals surface area (Å²) in [6.07, 6.45) is 4.45. The lowest BCUT2D eigenvalue weighted by Crippen LogP contribution is -2.30. The van der Waals surface area contributed by atoms with Gasteiger partial charge < -0.3 is 9.64 Å². The van der Waals surface area contributed by atoms with Crippen LogP contribution in [-0.2, 0) is 25.9 Å². The first-order valence-corrected chi connectivity index (χ1v) is 10.7. The molecule has 0 radical (unpaired) electrons. The summed E-state index contributed by atoms with van der Waals surface area (Å²) in [6, 6.07) is 8.00. The SMILES string of the molecule is Cc1ccc(OCCn2c(CN(C)C)nc3sc4c(c3c2=O)CCCC4)cc1. The summed E-state index contributed by atoms with van der Waals surface area (Å²) in [7, 11) is 4.01. The van der Waals surface area contributed by atoms with Crippen molar-refractivity contribution in [2.45, 2.75) is 45.7 Å². The molecule has 0 bridgehead atoms. The number of fused-ring (bicyclic) bond motifs is 3. The Kier molecular flexibility index (Phi) is 5.51. The number of benzene rings is 1. The molecule has 28 heavy (non-hydrogen) atoms. The molecule has 5 nitrogen and oxygen atoms in total. The second-order valence-corrected chi connectivity index (χ2v) is 8.86. The number of thiophene rings is 1. The molecule has 2 heterocycles. The van der Waals surface area contributed by atoms with Crippen molar-refractivity contribution in [1.29, 1.82) is 0 Å². The van der Waals surface area contributed by atoms with Gasteiger partial charge in [-0.2, -0.15) is 0 Å². The highest BCUT2D eigenvalue weighted by atomic mass is 32.1. The van der Waals surface area contributed by atoms with Crippen LogP contribution in [-0.4, -0.2) is 35.2 Å². The molecule has 0 unspecified atom stereocenters. The number of rotatable bonds is 6. The zero-order valence-electron chi connectivity index (χ0n) is 16.8. The van der Waals surface area contributed by atoms with Crippen molar-refractivity contribution in [1.82, 2.24) is 14.5 Å². The predicted molar refractivity (Wildman–Crippen MR) is 115 cm³/mol. The lowest BCUT2D eigenvalue weighted by Gasteiger charge is -2.17. The summed E-state index contributed by atoms with van der Waals surface area (Å²) >= 11 is 1.71. The van der Waals surface area contributed by atoms with E-state index in [2.05, 4.69) is 11.8 Å². The quantitative estimate of drug-likeness (QED) is 0.635. The molecule has 1 aliphatic carbocycles. The second-order valence-electron chi connectivity index (χ2n) is 7.78. The molecule has 1 aliphatic rings. The highest BCUT2D eigenvalue weighted by Crippen LogP contribution is 2.33. The minimum Gasteiger partial charge on any atom is -0.492 e. The van der Waals surface area contributed by atoms with Crippen LogP contribution in [0.4, 0.5) is 0 Å². The van der Waals surface area contributed by atoms with Crippen LogP contribution in [0.5, 0.6) is 5.75 Å². The maximum absolute atomic E-state index is 13.4. The topological polar surface area (TPSA) is 47.4 Å². The van der Waals surface area contributed by atoms with E-state index in [4.69, 9.17) is 9.72 Å². The number of hydrogen-bond acceptors (Lipinski definition) is 5. The van der Waals surface area contributed by atoms with E-state index in [0.29, 0.717) is 19.7 Å². The summed E-state index contributed by atoms with van der Waals surface area (Å²) in [5.74, 6) is 1.64. The molecule has 0 saturated heterocycles. The third-order valence-corrected chi connectivity index (χ3v) is 6.40. The Balaban J connectivity index is 1.66. The molecule has 4 rings (SSSR count). The van der Waals surface area contributed by atoms with Crippen molar-refractivity contribution in [3.8, 4) is 5.75 Å². The first-order chi connectivity index (χ1) is 13.5. The van der Waals surface area contributed by atoms with Gasteiger partial charge in [-0.15, -0.1) is 11.3 Å². The predicted octanol–water partition coefficient (Wildman–Crippen LogP) is 3.79. The molecule has 148 valence electrons. The molecule has 0 spiro atoms. The van der Waals surface area contributed by atoms with Crippen LogP contribution < -0.4 is 10.3 Å². The zero-order valence-corrected chi connectivity index (χ0v) is 17.6. The molecule has 0 fully saturated rings. The van der Waals surface area contributed by atoms with Gasteiger partial charge in [0.15, 0.2) is 0 Å². The normalized spacial score (nSPS) is 13.9. The highest BCUT2D eigenvalue weighted by Gasteiger charge is 2.22. The summed E-state index contributed by atoms with van der Waals surface area (Å²) in [5, 5.41) is 0.845. The van der Waals surface area contributed by atoms with Crippen LogP contribution in [0.25, 0.3) is 10.2 Å². The highest BCUT2D eigenvalue weighted by molar-refractivity contribution is 7.18. The van der Waals surface area contributed by atoms with Gasteiger partial charge in [-0.1, -0.05) is 17.7 Å². The average molecular weight is 398 g/mol. The van der Waals surface area contributed by atoms with Crippen molar-refractivity contribution in [3.05, 3.63) is 56.4 Å². The molecule has 0 N–H and O–H groups in total. The monoisotopic (exact) mass is 397 g/mol. The van der Waals surface area contributed by atoms with E-state index < -0.39 is 0 Å². The van der Waals surface area contributed by atoms with Gasteiger partial charge in [-0.3, -0.25) is 9.36 Å². The molecular weight excluding hydrogens is 370 g/mol. The number of nitrogens with zero attached hydrogens (tertiary/aromatic N) is 3. The van der Waals surface area contributed by atoms with E-state index in [9.17, 15) is 4.79 Å². The first-order valence-electron chi connectivity index (χ1n) is 9.91. The Morgan fingerprint density at radius 3 is 2.68 bits per heavy atom. The van der Waals surface area contributed by atoms with Crippen molar-refractivity contribution in [2.75, 3.05) is 20.7 Å². The van der Waals surface area contributed by atoms with E-state index in [0.717, 1.165) is 41.1 Å². The van der Waals surface area contributed by atoms with Crippen LogP contribution in [0, 0.1) is 6.92 Å². The minimum absolute atomic E-state index is 0.0914. The average Bonchev–Trinajstić information content (AvgIpc) is 3.03. The second kappa shape index (κ2) is 8.05. The largest absolute Gasteiger partial charge is 0.492 e. The fourth-order valence-electron chi connectivity index (χ4n) is 3.80. The lowest BCUT2D eigenvalue weighted by molar-refractivity contribution is 0.288. The van der Waals surface area contributed by atoms with Crippen molar-refractivity contribution >= 4 is 21.6 Å². The summed E-state index contributed by atoms with van der Waals surface area (Å²) in [5.41, 5.74) is 2.54. The van der Waals surface area contributed by atoms with E-state index in [1.807, 2.05) is 42.9 Å². The van der Waals surface area contributed by atoms with Crippen molar-refractivity contribution in [3.63, 3.8) is 0 Å². The minimum atomic E-state index is 0.0914. The molecule has 3 aromatic rings. The molecule has 0 atom stereocenters. The fraction of sp³-hybridized carbons (Fsp3) is 0.455. The number of ether oxygens (including phenoxy) is 1. The summed E-state index contributed by atoms with van der Waals surface area (Å²) < 4.78 is 7.71. The molecular formula is C22H27N3O2S. The van der Waals surface area contributed by atoms with Gasteiger partial charge in [0.1, 0.15) is 23.0 Å². The van der Waals surface area contributed by atoms with Crippen LogP contribution in [0.3, 0.4) is 0 Å². The maximum Gasteiger partial charge on any atom is 0.262 e. The van der Waals surface area contributed by atoms with Gasteiger partial charge in [0.05, 0.1) is 18.5 Å². The third kappa shape index (κ3) is 3.84. The smallest absolute Gasteiger partial charge is 0.262 e. The standard InChI is InChI=1S/C22H27N3O2S/c1-15-8-10-16(11-9-15)27-13-12-25-19(14-24(2)3)23-21-20(22(25)26)17-6-4-5-7-18(17)28-21/h8-11H,4-7,12-14H2,1-3H3. The molecule has 0 saturated carbocycles. The van der Waals surface area contributed by atoms with Gasteiger partial charge in [-0.25, -0.2) is 4.98 Å². The van der Waals surface area contributed by atoms with Gasteiger partial charge in [0.25, 0.3) is 5.56 Å². The maximum atomic E-state index is 13.4. The molecule has 2 aromatic heterocycles. The summed E-state index contributed by atoms with van der Waals surface area (Å²) in [6.45, 7) is 3.64. The van der Waals surface area contributed by atoms with Crippen LogP contribution in [0.2, 0.25) is 0 Å². The molecule has 6 heteroatoms. The Morgan fingerprint density at radius 1 is 1.18 bits per heavy atom. The zero-order chi connectivity index (χ0) is 19.7. The van der Waals surface area contributed by atoms with Gasteiger partial charge in [0, 0.05) is 4.88 Å². The number of hydrogen-bond donors (Lipinski definition) is 0. The van der Waals surface area contributed by atoms with Crippen LogP contribution >= 0.6 is 11.3 Å². The van der Waals surface area contributed by atoms with E-state index in [-0.39, 0.29) is 5.56 Å². The van der Waals surface area contributed by atoms with Crippen molar-refractivity contribution in [2.24, 2.45) is 0 Å². The van der Waals surface area contributed by atoms with Crippen LogP contribution in [0.1, 0.15) is 34.7 Å². The third-order valence-electron chi connectivity index (χ3n) is 5.22. The van der Waals surface area contributed by atoms with E-state index in [1.165, 1.54) is 22.4 Å². The lowest BCUT2D eigenvalue weighted by atomic mass is 9.97. The molecule has 0 amide bonds. The van der Waals surface area contributed by atoms with Crippen molar-refractivity contribution < 1.29 is 4.74 Å². The van der Waals surface area contributed by atoms with E-state index in [1.54, 1.807) is 11.3 Å². The fourth-order valence-corrected chi connectivity index (χ4v) is 5.07. The van der Waals surface area contributed by atoms with Gasteiger partial charge in [0.2, 0.25) is 0 Å². The Hall–Kier alpha value is -2.18. The Labute approximate surface area is 169 Å². The number of aromatic nitrogens is 2. The molecule has 0 aliphatic heterocycles. The Morgan fingerprint density at radius 2 is 1.93 bits per heavy atom. The summed E-state index contributed by atoms with van der Waals surface area (Å²) in [4.78, 5) is 22.6. The number of aryl methyl sites for hydroxylation is 3. The molecule has 1 aromatic carbocycles. The van der Waals surface area contributed by atoms with Gasteiger partial charge >= 0.3 is 0 Å². The van der Waals surface area contributed by atoms with Gasteiger partial charge in [-0.05, 0) is 64.4 Å². The first kappa shape index (κ1) is 19.2. The Bertz CT molecular complexity index is 1030. The van der Waals surface area contributed by atoms with E-state index >= 15 is 0 Å². The van der Waals surface area contributed by atoms with Crippen LogP contribution in [0.15, 0.2) is 29.1 Å².